The summed E-state index contributed by atoms with van der Waals surface area (Å²) in [6.45, 7) is 1.65. The number of aryl methyl sites for hydroxylation is 1. The van der Waals surface area contributed by atoms with E-state index in [2.05, 4.69) is 16.4 Å². The van der Waals surface area contributed by atoms with E-state index in [1.807, 2.05) is 12.1 Å². The summed E-state index contributed by atoms with van der Waals surface area (Å²) in [5.74, 6) is 6.13. The molecule has 0 spiro atoms. The number of hydrogen-bond donors (Lipinski definition) is 3. The highest BCUT2D eigenvalue weighted by atomic mass is 32.1. The van der Waals surface area contributed by atoms with Crippen LogP contribution in [-0.4, -0.2) is 28.5 Å². The summed E-state index contributed by atoms with van der Waals surface area (Å²) in [6, 6.07) is 9.57. The van der Waals surface area contributed by atoms with E-state index in [4.69, 9.17) is 20.3 Å². The lowest BCUT2D eigenvalue weighted by molar-refractivity contribution is 0.154. The molecule has 2 aromatic rings. The topological polar surface area (TPSA) is 102 Å². The van der Waals surface area contributed by atoms with Crippen LogP contribution in [0.1, 0.15) is 23.1 Å². The second kappa shape index (κ2) is 9.47. The summed E-state index contributed by atoms with van der Waals surface area (Å²) in [6.07, 6.45) is 1.16. The molecule has 0 aliphatic heterocycles. The maximum Gasteiger partial charge on any atom is 0.469 e. The van der Waals surface area contributed by atoms with Crippen molar-refractivity contribution in [2.24, 2.45) is 5.73 Å². The van der Waals surface area contributed by atoms with Crippen molar-refractivity contribution < 1.29 is 28.0 Å². The van der Waals surface area contributed by atoms with Crippen molar-refractivity contribution in [3.63, 3.8) is 0 Å². The van der Waals surface area contributed by atoms with Gasteiger partial charge in [0, 0.05) is 10.4 Å². The van der Waals surface area contributed by atoms with Gasteiger partial charge in [-0.25, -0.2) is 8.96 Å². The summed E-state index contributed by atoms with van der Waals surface area (Å²) in [5.41, 5.74) is 5.16. The standard InChI is InChI=1S/C18H21FNO5PS/c1-18(20,13-25-26(21,22)23)11-10-17-9-8-16(27-17)3-2-12-24-15-6-4-14(19)5-7-15/h4-9H,10-13,20H2,1H3,(H2,21,22,23). The van der Waals surface area contributed by atoms with Crippen LogP contribution in [0.2, 0.25) is 0 Å². The molecule has 0 bridgehead atoms. The lowest BCUT2D eigenvalue weighted by Crippen LogP contribution is -2.41. The Balaban J connectivity index is 1.79. The lowest BCUT2D eigenvalue weighted by atomic mass is 9.98. The molecule has 0 fully saturated rings. The lowest BCUT2D eigenvalue weighted by Gasteiger charge is -2.24. The normalized spacial score (nSPS) is 13.5. The van der Waals surface area contributed by atoms with Gasteiger partial charge in [-0.2, -0.15) is 0 Å². The molecule has 4 N–H and O–H groups in total. The zero-order valence-corrected chi connectivity index (χ0v) is 16.4. The number of thiophene rings is 1. The zero-order chi connectivity index (χ0) is 19.9. The predicted octanol–water partition coefficient (Wildman–Crippen LogP) is 3.08. The number of ether oxygens (including phenoxy) is 1. The van der Waals surface area contributed by atoms with Crippen LogP contribution in [0, 0.1) is 17.7 Å². The van der Waals surface area contributed by atoms with Crippen LogP contribution in [-0.2, 0) is 15.5 Å². The van der Waals surface area contributed by atoms with Gasteiger partial charge in [0.15, 0.2) is 0 Å². The molecule has 0 radical (unpaired) electrons. The molecule has 9 heteroatoms. The van der Waals surface area contributed by atoms with Crippen LogP contribution in [0.3, 0.4) is 0 Å². The summed E-state index contributed by atoms with van der Waals surface area (Å²) in [7, 11) is -4.52. The molecule has 0 aliphatic carbocycles. The Morgan fingerprint density at radius 3 is 2.63 bits per heavy atom. The molecule has 1 aromatic carbocycles. The first-order chi connectivity index (χ1) is 12.6. The monoisotopic (exact) mass is 413 g/mol. The quantitative estimate of drug-likeness (QED) is 0.454. The van der Waals surface area contributed by atoms with E-state index in [-0.39, 0.29) is 19.0 Å². The highest BCUT2D eigenvalue weighted by molar-refractivity contribution is 7.46. The maximum absolute atomic E-state index is 12.8. The molecule has 0 saturated heterocycles. The second-order valence-corrected chi connectivity index (χ2v) is 8.64. The van der Waals surface area contributed by atoms with Crippen molar-refractivity contribution in [2.45, 2.75) is 25.3 Å². The smallest absolute Gasteiger partial charge is 0.469 e. The van der Waals surface area contributed by atoms with E-state index < -0.39 is 13.4 Å². The highest BCUT2D eigenvalue weighted by Gasteiger charge is 2.24. The van der Waals surface area contributed by atoms with E-state index >= 15 is 0 Å². The van der Waals surface area contributed by atoms with Crippen LogP contribution in [0.5, 0.6) is 5.75 Å². The molecular formula is C18H21FNO5PS. The average Bonchev–Trinajstić information content (AvgIpc) is 3.04. The molecule has 2 rings (SSSR count). The molecule has 146 valence electrons. The number of phosphoric acid groups is 1. The summed E-state index contributed by atoms with van der Waals surface area (Å²) in [5, 5.41) is 0. The van der Waals surface area contributed by atoms with Gasteiger partial charge in [0.1, 0.15) is 18.2 Å². The average molecular weight is 413 g/mol. The zero-order valence-electron chi connectivity index (χ0n) is 14.7. The fourth-order valence-corrected chi connectivity index (χ4v) is 3.41. The van der Waals surface area contributed by atoms with Gasteiger partial charge in [-0.1, -0.05) is 11.8 Å². The van der Waals surface area contributed by atoms with Gasteiger partial charge in [-0.05, 0) is 56.2 Å². The van der Waals surface area contributed by atoms with E-state index in [0.717, 1.165) is 9.75 Å². The van der Waals surface area contributed by atoms with Gasteiger partial charge in [0.05, 0.1) is 11.5 Å². The Morgan fingerprint density at radius 1 is 1.26 bits per heavy atom. The van der Waals surface area contributed by atoms with Gasteiger partial charge in [-0.3, -0.25) is 4.52 Å². The van der Waals surface area contributed by atoms with Gasteiger partial charge >= 0.3 is 7.82 Å². The van der Waals surface area contributed by atoms with Crippen molar-refractivity contribution >= 4 is 19.2 Å². The Kier molecular flexibility index (Phi) is 7.57. The number of nitrogens with two attached hydrogens (primary N) is 1. The van der Waals surface area contributed by atoms with E-state index in [1.54, 1.807) is 19.1 Å². The molecule has 1 aromatic heterocycles. The number of phosphoric ester groups is 1. The van der Waals surface area contributed by atoms with Crippen molar-refractivity contribution in [3.05, 3.63) is 52.0 Å². The van der Waals surface area contributed by atoms with Gasteiger partial charge in [0.25, 0.3) is 0 Å². The fraction of sp³-hybridized carbons (Fsp3) is 0.333. The van der Waals surface area contributed by atoms with Crippen LogP contribution < -0.4 is 10.5 Å². The van der Waals surface area contributed by atoms with Crippen LogP contribution >= 0.6 is 19.2 Å². The maximum atomic E-state index is 12.8. The first kappa shape index (κ1) is 21.6. The largest absolute Gasteiger partial charge is 0.481 e. The third-order valence-electron chi connectivity index (χ3n) is 3.50. The second-order valence-electron chi connectivity index (χ2n) is 6.23. The van der Waals surface area contributed by atoms with Gasteiger partial charge in [0.2, 0.25) is 0 Å². The Hall–Kier alpha value is -1.72. The first-order valence-electron chi connectivity index (χ1n) is 8.08. The molecule has 0 amide bonds. The van der Waals surface area contributed by atoms with Crippen LogP contribution in [0.25, 0.3) is 0 Å². The highest BCUT2D eigenvalue weighted by Crippen LogP contribution is 2.37. The molecular weight excluding hydrogens is 392 g/mol. The molecule has 27 heavy (non-hydrogen) atoms. The minimum absolute atomic E-state index is 0.194. The van der Waals surface area contributed by atoms with E-state index in [9.17, 15) is 8.96 Å². The SMILES string of the molecule is CC(N)(CCc1ccc(C#CCOc2ccc(F)cc2)s1)COP(=O)(O)O. The third kappa shape index (κ3) is 8.67. The molecule has 0 saturated carbocycles. The number of benzene rings is 1. The number of rotatable bonds is 8. The Bertz CT molecular complexity index is 851. The molecule has 6 nitrogen and oxygen atoms in total. The molecule has 1 unspecified atom stereocenters. The third-order valence-corrected chi connectivity index (χ3v) is 5.03. The summed E-state index contributed by atoms with van der Waals surface area (Å²) in [4.78, 5) is 19.4. The fourth-order valence-electron chi connectivity index (χ4n) is 2.07. The van der Waals surface area contributed by atoms with Crippen LogP contribution in [0.4, 0.5) is 4.39 Å². The van der Waals surface area contributed by atoms with Crippen molar-refractivity contribution in [1.29, 1.82) is 0 Å². The summed E-state index contributed by atoms with van der Waals surface area (Å²) >= 11 is 1.52. The Labute approximate surface area is 161 Å². The van der Waals surface area contributed by atoms with Crippen molar-refractivity contribution in [1.82, 2.24) is 0 Å². The van der Waals surface area contributed by atoms with Gasteiger partial charge < -0.3 is 20.3 Å². The van der Waals surface area contributed by atoms with Crippen LogP contribution in [0.15, 0.2) is 36.4 Å². The van der Waals surface area contributed by atoms with Gasteiger partial charge in [-0.15, -0.1) is 11.3 Å². The number of hydrogen-bond acceptors (Lipinski definition) is 5. The molecule has 0 aliphatic rings. The molecule has 1 heterocycles. The first-order valence-corrected chi connectivity index (χ1v) is 10.4. The van der Waals surface area contributed by atoms with E-state index in [0.29, 0.717) is 18.6 Å². The minimum Gasteiger partial charge on any atom is -0.481 e. The predicted molar refractivity (Wildman–Crippen MR) is 102 cm³/mol. The molecule has 1 atom stereocenters. The summed E-state index contributed by atoms with van der Waals surface area (Å²) < 4.78 is 33.5. The minimum atomic E-state index is -4.52. The van der Waals surface area contributed by atoms with E-state index in [1.165, 1.54) is 23.5 Å². The Morgan fingerprint density at radius 2 is 1.96 bits per heavy atom. The van der Waals surface area contributed by atoms with Crippen molar-refractivity contribution in [2.75, 3.05) is 13.2 Å². The van der Waals surface area contributed by atoms with Crippen molar-refractivity contribution in [3.8, 4) is 17.6 Å². The number of halogens is 1.